The SMILES string of the molecule is Cc1c(Cl)cccc1NC(=O)/C(C#N)=C\c1ccccc1OCc1ccc2c(c1)OCO2. The maximum atomic E-state index is 12.7. The van der Waals surface area contributed by atoms with Crippen molar-refractivity contribution in [2.75, 3.05) is 12.1 Å². The van der Waals surface area contributed by atoms with Gasteiger partial charge in [0.15, 0.2) is 11.5 Å². The topological polar surface area (TPSA) is 80.6 Å². The summed E-state index contributed by atoms with van der Waals surface area (Å²) < 4.78 is 16.7. The number of ether oxygens (including phenoxy) is 3. The molecule has 0 unspecified atom stereocenters. The summed E-state index contributed by atoms with van der Waals surface area (Å²) in [5.74, 6) is 1.41. The first-order valence-electron chi connectivity index (χ1n) is 9.84. The van der Waals surface area contributed by atoms with E-state index in [2.05, 4.69) is 5.32 Å². The Kier molecular flexibility index (Phi) is 6.29. The zero-order valence-corrected chi connectivity index (χ0v) is 18.0. The van der Waals surface area contributed by atoms with Crippen LogP contribution >= 0.6 is 11.6 Å². The van der Waals surface area contributed by atoms with Crippen molar-refractivity contribution < 1.29 is 19.0 Å². The molecule has 0 radical (unpaired) electrons. The number of hydrogen-bond acceptors (Lipinski definition) is 5. The molecule has 0 aromatic heterocycles. The van der Waals surface area contributed by atoms with Gasteiger partial charge in [-0.05, 0) is 54.5 Å². The number of halogens is 1. The van der Waals surface area contributed by atoms with Crippen LogP contribution in [0.1, 0.15) is 16.7 Å². The quantitative estimate of drug-likeness (QED) is 0.399. The summed E-state index contributed by atoms with van der Waals surface area (Å²) in [5.41, 5.74) is 2.75. The van der Waals surface area contributed by atoms with Gasteiger partial charge in [0.2, 0.25) is 6.79 Å². The Labute approximate surface area is 190 Å². The number of carbonyl (C=O) groups excluding carboxylic acids is 1. The van der Waals surface area contributed by atoms with E-state index in [0.717, 1.165) is 11.1 Å². The van der Waals surface area contributed by atoms with Crippen LogP contribution in [0, 0.1) is 18.3 Å². The summed E-state index contributed by atoms with van der Waals surface area (Å²) >= 11 is 6.12. The highest BCUT2D eigenvalue weighted by molar-refractivity contribution is 6.31. The molecule has 0 aliphatic carbocycles. The summed E-state index contributed by atoms with van der Waals surface area (Å²) in [4.78, 5) is 12.7. The van der Waals surface area contributed by atoms with Crippen molar-refractivity contribution in [1.82, 2.24) is 0 Å². The summed E-state index contributed by atoms with van der Waals surface area (Å²) in [6.45, 7) is 2.30. The second-order valence-electron chi connectivity index (χ2n) is 7.05. The van der Waals surface area contributed by atoms with Crippen molar-refractivity contribution in [2.24, 2.45) is 0 Å². The highest BCUT2D eigenvalue weighted by Gasteiger charge is 2.15. The Bertz CT molecular complexity index is 1250. The minimum atomic E-state index is -0.525. The summed E-state index contributed by atoms with van der Waals surface area (Å²) in [5, 5.41) is 12.9. The minimum absolute atomic E-state index is 0.0523. The van der Waals surface area contributed by atoms with E-state index in [-0.39, 0.29) is 19.0 Å². The normalized spacial score (nSPS) is 12.2. The molecule has 0 fully saturated rings. The van der Waals surface area contributed by atoms with Crippen molar-refractivity contribution in [1.29, 1.82) is 5.26 Å². The van der Waals surface area contributed by atoms with Gasteiger partial charge in [0.05, 0.1) is 0 Å². The van der Waals surface area contributed by atoms with E-state index in [1.54, 1.807) is 37.3 Å². The molecule has 0 bridgehead atoms. The number of para-hydroxylation sites is 1. The van der Waals surface area contributed by atoms with E-state index in [1.807, 2.05) is 36.4 Å². The maximum Gasteiger partial charge on any atom is 0.266 e. The van der Waals surface area contributed by atoms with Gasteiger partial charge in [0.25, 0.3) is 5.91 Å². The standard InChI is InChI=1S/C25H19ClN2O4/c1-16-20(26)6-4-7-21(16)28-25(29)19(13-27)12-18-5-2-3-8-22(18)30-14-17-9-10-23-24(11-17)32-15-31-23/h2-12H,14-15H2,1H3,(H,28,29)/b19-12-. The Balaban J connectivity index is 1.52. The van der Waals surface area contributed by atoms with Crippen LogP contribution in [0.25, 0.3) is 6.08 Å². The van der Waals surface area contributed by atoms with Gasteiger partial charge in [-0.2, -0.15) is 5.26 Å². The van der Waals surface area contributed by atoms with Gasteiger partial charge in [0.1, 0.15) is 24.0 Å². The van der Waals surface area contributed by atoms with E-state index in [4.69, 9.17) is 25.8 Å². The molecule has 0 saturated heterocycles. The van der Waals surface area contributed by atoms with Crippen LogP contribution < -0.4 is 19.5 Å². The molecule has 6 nitrogen and oxygen atoms in total. The van der Waals surface area contributed by atoms with Crippen molar-refractivity contribution in [3.05, 3.63) is 87.9 Å². The molecule has 32 heavy (non-hydrogen) atoms. The van der Waals surface area contributed by atoms with Crippen LogP contribution in [-0.4, -0.2) is 12.7 Å². The monoisotopic (exact) mass is 446 g/mol. The van der Waals surface area contributed by atoms with Crippen LogP contribution in [0.3, 0.4) is 0 Å². The van der Waals surface area contributed by atoms with E-state index in [0.29, 0.717) is 33.5 Å². The lowest BCUT2D eigenvalue weighted by Crippen LogP contribution is -2.14. The molecule has 1 heterocycles. The predicted octanol–water partition coefficient (Wildman–Crippen LogP) is 5.50. The van der Waals surface area contributed by atoms with E-state index in [1.165, 1.54) is 6.08 Å². The second-order valence-corrected chi connectivity index (χ2v) is 7.46. The van der Waals surface area contributed by atoms with Gasteiger partial charge in [-0.25, -0.2) is 0 Å². The van der Waals surface area contributed by atoms with Crippen LogP contribution in [0.2, 0.25) is 5.02 Å². The number of anilines is 1. The maximum absolute atomic E-state index is 12.7. The van der Waals surface area contributed by atoms with Crippen LogP contribution in [0.15, 0.2) is 66.2 Å². The summed E-state index contributed by atoms with van der Waals surface area (Å²) in [7, 11) is 0. The molecular formula is C25H19ClN2O4. The zero-order valence-electron chi connectivity index (χ0n) is 17.2. The Hall–Kier alpha value is -3.95. The average Bonchev–Trinajstić information content (AvgIpc) is 3.27. The molecule has 0 atom stereocenters. The van der Waals surface area contributed by atoms with E-state index < -0.39 is 5.91 Å². The number of carbonyl (C=O) groups is 1. The Morgan fingerprint density at radius 3 is 2.81 bits per heavy atom. The number of nitrogens with zero attached hydrogens (tertiary/aromatic N) is 1. The third kappa shape index (κ3) is 4.69. The van der Waals surface area contributed by atoms with Crippen molar-refractivity contribution >= 4 is 29.3 Å². The first kappa shape index (κ1) is 21.3. The van der Waals surface area contributed by atoms with E-state index >= 15 is 0 Å². The molecule has 160 valence electrons. The Morgan fingerprint density at radius 1 is 1.16 bits per heavy atom. The van der Waals surface area contributed by atoms with Gasteiger partial charge in [-0.3, -0.25) is 4.79 Å². The lowest BCUT2D eigenvalue weighted by molar-refractivity contribution is -0.112. The molecule has 7 heteroatoms. The molecule has 0 saturated carbocycles. The smallest absolute Gasteiger partial charge is 0.266 e. The molecule has 4 rings (SSSR count). The van der Waals surface area contributed by atoms with Crippen molar-refractivity contribution in [3.8, 4) is 23.3 Å². The Morgan fingerprint density at radius 2 is 1.97 bits per heavy atom. The number of benzene rings is 3. The first-order valence-corrected chi connectivity index (χ1v) is 10.2. The van der Waals surface area contributed by atoms with Crippen LogP contribution in [0.4, 0.5) is 5.69 Å². The lowest BCUT2D eigenvalue weighted by atomic mass is 10.1. The van der Waals surface area contributed by atoms with Gasteiger partial charge >= 0.3 is 0 Å². The largest absolute Gasteiger partial charge is 0.488 e. The highest BCUT2D eigenvalue weighted by atomic mass is 35.5. The predicted molar refractivity (Wildman–Crippen MR) is 122 cm³/mol. The minimum Gasteiger partial charge on any atom is -0.488 e. The first-order chi connectivity index (χ1) is 15.5. The van der Waals surface area contributed by atoms with Crippen LogP contribution in [-0.2, 0) is 11.4 Å². The number of amides is 1. The van der Waals surface area contributed by atoms with Gasteiger partial charge in [0, 0.05) is 16.3 Å². The fourth-order valence-corrected chi connectivity index (χ4v) is 3.33. The molecule has 1 aliphatic rings. The molecule has 1 aliphatic heterocycles. The van der Waals surface area contributed by atoms with Gasteiger partial charge in [-0.1, -0.05) is 41.9 Å². The van der Waals surface area contributed by atoms with Crippen molar-refractivity contribution in [2.45, 2.75) is 13.5 Å². The number of nitriles is 1. The number of rotatable bonds is 6. The molecule has 3 aromatic rings. The molecule has 1 N–H and O–H groups in total. The lowest BCUT2D eigenvalue weighted by Gasteiger charge is -2.11. The molecular weight excluding hydrogens is 428 g/mol. The van der Waals surface area contributed by atoms with Gasteiger partial charge in [-0.15, -0.1) is 0 Å². The number of nitrogens with one attached hydrogen (secondary N) is 1. The van der Waals surface area contributed by atoms with Crippen LogP contribution in [0.5, 0.6) is 17.2 Å². The molecule has 1 amide bonds. The zero-order chi connectivity index (χ0) is 22.5. The third-order valence-electron chi connectivity index (χ3n) is 4.93. The summed E-state index contributed by atoms with van der Waals surface area (Å²) in [6.07, 6.45) is 1.50. The fraction of sp³-hybridized carbons (Fsp3) is 0.120. The number of fused-ring (bicyclic) bond motifs is 1. The highest BCUT2D eigenvalue weighted by Crippen LogP contribution is 2.33. The molecule has 0 spiro atoms. The second kappa shape index (κ2) is 9.46. The molecule has 3 aromatic carbocycles. The van der Waals surface area contributed by atoms with Crippen molar-refractivity contribution in [3.63, 3.8) is 0 Å². The number of hydrogen-bond donors (Lipinski definition) is 1. The summed E-state index contributed by atoms with van der Waals surface area (Å²) in [6, 6.07) is 20.0. The van der Waals surface area contributed by atoms with E-state index in [9.17, 15) is 10.1 Å². The fourth-order valence-electron chi connectivity index (χ4n) is 3.16. The average molecular weight is 447 g/mol. The third-order valence-corrected chi connectivity index (χ3v) is 5.34. The van der Waals surface area contributed by atoms with Gasteiger partial charge < -0.3 is 19.5 Å².